The van der Waals surface area contributed by atoms with E-state index in [0.717, 1.165) is 18.2 Å². The molecule has 0 unspecified atom stereocenters. The molecule has 1 saturated heterocycles. The number of sulfonamides is 1. The molecule has 0 spiro atoms. The number of hydrogen-bond donors (Lipinski definition) is 1. The number of halogens is 3. The number of anilines is 1. The molecule has 7 nitrogen and oxygen atoms in total. The lowest BCUT2D eigenvalue weighted by atomic mass is 10.2. The Morgan fingerprint density at radius 2 is 1.93 bits per heavy atom. The molecule has 2 aromatic rings. The van der Waals surface area contributed by atoms with Crippen molar-refractivity contribution in [1.82, 2.24) is 14.7 Å². The maximum absolute atomic E-state index is 12.8. The van der Waals surface area contributed by atoms with Crippen molar-refractivity contribution in [2.75, 3.05) is 31.2 Å². The molecule has 3 rings (SSSR count). The van der Waals surface area contributed by atoms with Crippen molar-refractivity contribution in [3.8, 4) is 0 Å². The Bertz CT molecular complexity index is 900. The van der Waals surface area contributed by atoms with Crippen LogP contribution in [0.15, 0.2) is 41.4 Å². The largest absolute Gasteiger partial charge is 0.416 e. The number of alkyl halides is 3. The lowest BCUT2D eigenvalue weighted by Crippen LogP contribution is -2.37. The molecule has 1 aliphatic heterocycles. The standard InChI is InChI=1S/C16H17F3N4O3S/c17-16(18,19)12-2-1-3-13(10-12)27(24,25)21-11-14-20-5-4-15(22-14)23-6-8-26-9-7-23/h1-5,10,21H,6-9,11H2. The van der Waals surface area contributed by atoms with E-state index in [2.05, 4.69) is 14.7 Å². The highest BCUT2D eigenvalue weighted by Crippen LogP contribution is 2.30. The molecule has 1 aromatic carbocycles. The fourth-order valence-electron chi connectivity index (χ4n) is 2.52. The van der Waals surface area contributed by atoms with Crippen LogP contribution in [-0.4, -0.2) is 44.7 Å². The molecule has 27 heavy (non-hydrogen) atoms. The van der Waals surface area contributed by atoms with Gasteiger partial charge in [-0.3, -0.25) is 0 Å². The number of ether oxygens (including phenoxy) is 1. The van der Waals surface area contributed by atoms with Crippen molar-refractivity contribution in [1.29, 1.82) is 0 Å². The number of nitrogens with one attached hydrogen (secondary N) is 1. The van der Waals surface area contributed by atoms with Crippen LogP contribution < -0.4 is 9.62 Å². The highest BCUT2D eigenvalue weighted by Gasteiger charge is 2.31. The minimum Gasteiger partial charge on any atom is -0.378 e. The molecular formula is C16H17F3N4O3S. The lowest BCUT2D eigenvalue weighted by molar-refractivity contribution is -0.137. The molecular weight excluding hydrogens is 385 g/mol. The van der Waals surface area contributed by atoms with Crippen LogP contribution >= 0.6 is 0 Å². The third kappa shape index (κ3) is 4.93. The molecule has 0 amide bonds. The molecule has 0 atom stereocenters. The average Bonchev–Trinajstić information content (AvgIpc) is 2.67. The Labute approximate surface area is 154 Å². The fourth-order valence-corrected chi connectivity index (χ4v) is 3.55. The molecule has 146 valence electrons. The van der Waals surface area contributed by atoms with Crippen LogP contribution in [-0.2, 0) is 27.5 Å². The van der Waals surface area contributed by atoms with E-state index >= 15 is 0 Å². The Kier molecular flexibility index (Phi) is 5.63. The van der Waals surface area contributed by atoms with Crippen LogP contribution in [0.3, 0.4) is 0 Å². The smallest absolute Gasteiger partial charge is 0.378 e. The number of nitrogens with zero attached hydrogens (tertiary/aromatic N) is 3. The third-order valence-electron chi connectivity index (χ3n) is 3.92. The number of rotatable bonds is 5. The number of aromatic nitrogens is 2. The summed E-state index contributed by atoms with van der Waals surface area (Å²) in [6, 6.07) is 5.26. The van der Waals surface area contributed by atoms with Gasteiger partial charge in [-0.1, -0.05) is 6.07 Å². The maximum atomic E-state index is 12.8. The maximum Gasteiger partial charge on any atom is 0.416 e. The minimum absolute atomic E-state index is 0.217. The van der Waals surface area contributed by atoms with Gasteiger partial charge in [-0.2, -0.15) is 13.2 Å². The molecule has 0 aliphatic carbocycles. The topological polar surface area (TPSA) is 84.4 Å². The molecule has 11 heteroatoms. The van der Waals surface area contributed by atoms with Crippen LogP contribution in [0, 0.1) is 0 Å². The first-order valence-corrected chi connectivity index (χ1v) is 9.55. The zero-order valence-electron chi connectivity index (χ0n) is 14.1. The van der Waals surface area contributed by atoms with Gasteiger partial charge in [0, 0.05) is 19.3 Å². The van der Waals surface area contributed by atoms with Gasteiger partial charge in [0.2, 0.25) is 10.0 Å². The lowest BCUT2D eigenvalue weighted by Gasteiger charge is -2.27. The van der Waals surface area contributed by atoms with E-state index in [1.807, 2.05) is 4.90 Å². The first-order valence-electron chi connectivity index (χ1n) is 8.07. The summed E-state index contributed by atoms with van der Waals surface area (Å²) in [6.45, 7) is 2.22. The second-order valence-electron chi connectivity index (χ2n) is 5.78. The van der Waals surface area contributed by atoms with Gasteiger partial charge in [0.05, 0.1) is 30.2 Å². The van der Waals surface area contributed by atoms with Gasteiger partial charge in [-0.15, -0.1) is 0 Å². The highest BCUT2D eigenvalue weighted by atomic mass is 32.2. The van der Waals surface area contributed by atoms with E-state index in [9.17, 15) is 21.6 Å². The molecule has 1 N–H and O–H groups in total. The van der Waals surface area contributed by atoms with Crippen LogP contribution in [0.4, 0.5) is 19.0 Å². The molecule has 1 fully saturated rings. The summed E-state index contributed by atoms with van der Waals surface area (Å²) in [7, 11) is -4.14. The van der Waals surface area contributed by atoms with Crippen molar-refractivity contribution in [2.24, 2.45) is 0 Å². The van der Waals surface area contributed by atoms with Gasteiger partial charge in [0.25, 0.3) is 0 Å². The Hall–Kier alpha value is -2.24. The highest BCUT2D eigenvalue weighted by molar-refractivity contribution is 7.89. The fraction of sp³-hybridized carbons (Fsp3) is 0.375. The Morgan fingerprint density at radius 1 is 1.19 bits per heavy atom. The molecule has 1 aliphatic rings. The number of benzene rings is 1. The van der Waals surface area contributed by atoms with Crippen LogP contribution in [0.2, 0.25) is 0 Å². The summed E-state index contributed by atoms with van der Waals surface area (Å²) in [5.74, 6) is 0.858. The van der Waals surface area contributed by atoms with Crippen molar-refractivity contribution in [3.63, 3.8) is 0 Å². The van der Waals surface area contributed by atoms with Crippen LogP contribution in [0.25, 0.3) is 0 Å². The zero-order chi connectivity index (χ0) is 19.5. The van der Waals surface area contributed by atoms with Gasteiger partial charge < -0.3 is 9.64 Å². The average molecular weight is 402 g/mol. The van der Waals surface area contributed by atoms with Crippen LogP contribution in [0.5, 0.6) is 0 Å². The first-order chi connectivity index (χ1) is 12.8. The van der Waals surface area contributed by atoms with Gasteiger partial charge in [-0.25, -0.2) is 23.1 Å². The zero-order valence-corrected chi connectivity index (χ0v) is 14.9. The van der Waals surface area contributed by atoms with E-state index in [1.165, 1.54) is 6.20 Å². The second kappa shape index (κ2) is 7.79. The number of morpholine rings is 1. The summed E-state index contributed by atoms with van der Waals surface area (Å²) in [5.41, 5.74) is -1.03. The molecule has 0 radical (unpaired) electrons. The van der Waals surface area contributed by atoms with E-state index in [1.54, 1.807) is 6.07 Å². The van der Waals surface area contributed by atoms with Gasteiger partial charge in [0.1, 0.15) is 11.6 Å². The summed E-state index contributed by atoms with van der Waals surface area (Å²) >= 11 is 0. The monoisotopic (exact) mass is 402 g/mol. The molecule has 0 saturated carbocycles. The van der Waals surface area contributed by atoms with E-state index in [0.29, 0.717) is 38.2 Å². The molecule has 1 aromatic heterocycles. The summed E-state index contributed by atoms with van der Waals surface area (Å²) < 4.78 is 70.5. The summed E-state index contributed by atoms with van der Waals surface area (Å²) in [6.07, 6.45) is -3.12. The normalized spacial score (nSPS) is 15.7. The van der Waals surface area contributed by atoms with Crippen molar-refractivity contribution >= 4 is 15.8 Å². The quantitative estimate of drug-likeness (QED) is 0.821. The van der Waals surface area contributed by atoms with E-state index < -0.39 is 26.7 Å². The summed E-state index contributed by atoms with van der Waals surface area (Å²) in [4.78, 5) is 9.83. The van der Waals surface area contributed by atoms with E-state index in [4.69, 9.17) is 4.74 Å². The first kappa shape index (κ1) is 19.5. The van der Waals surface area contributed by atoms with Crippen LogP contribution in [0.1, 0.15) is 11.4 Å². The third-order valence-corrected chi connectivity index (χ3v) is 5.32. The predicted molar refractivity (Wildman–Crippen MR) is 90.5 cm³/mol. The SMILES string of the molecule is O=S(=O)(NCc1nccc(N2CCOCC2)n1)c1cccc(C(F)(F)F)c1. The van der Waals surface area contributed by atoms with Crippen molar-refractivity contribution < 1.29 is 26.3 Å². The van der Waals surface area contributed by atoms with Gasteiger partial charge in [0.15, 0.2) is 0 Å². The van der Waals surface area contributed by atoms with E-state index in [-0.39, 0.29) is 12.4 Å². The van der Waals surface area contributed by atoms with Crippen molar-refractivity contribution in [2.45, 2.75) is 17.6 Å². The Balaban J connectivity index is 1.72. The second-order valence-corrected chi connectivity index (χ2v) is 7.55. The molecule has 0 bridgehead atoms. The minimum atomic E-state index is -4.62. The summed E-state index contributed by atoms with van der Waals surface area (Å²) in [5, 5.41) is 0. The Morgan fingerprint density at radius 3 is 2.63 bits per heavy atom. The van der Waals surface area contributed by atoms with Gasteiger partial charge >= 0.3 is 6.18 Å². The van der Waals surface area contributed by atoms with Gasteiger partial charge in [-0.05, 0) is 24.3 Å². The van der Waals surface area contributed by atoms with Crippen molar-refractivity contribution in [3.05, 3.63) is 47.9 Å². The predicted octanol–water partition coefficient (Wildman–Crippen LogP) is 1.81. The molecule has 2 heterocycles. The number of hydrogen-bond acceptors (Lipinski definition) is 6.